The van der Waals surface area contributed by atoms with Crippen LogP contribution in [0, 0.1) is 5.92 Å². The van der Waals surface area contributed by atoms with Gasteiger partial charge in [0.25, 0.3) is 0 Å². The van der Waals surface area contributed by atoms with E-state index in [0.717, 1.165) is 24.7 Å². The van der Waals surface area contributed by atoms with Gasteiger partial charge in [0.15, 0.2) is 0 Å². The molecule has 1 aromatic carbocycles. The fourth-order valence-corrected chi connectivity index (χ4v) is 5.59. The number of rotatable bonds is 17. The third-order valence-electron chi connectivity index (χ3n) is 7.97. The first-order chi connectivity index (χ1) is 17.3. The van der Waals surface area contributed by atoms with Gasteiger partial charge in [-0.25, -0.2) is 0 Å². The second-order valence-electron chi connectivity index (χ2n) is 10.9. The molecule has 1 aromatic heterocycles. The van der Waals surface area contributed by atoms with Crippen LogP contribution >= 0.6 is 0 Å². The Hall–Kier alpha value is -1.83. The summed E-state index contributed by atoms with van der Waals surface area (Å²) in [5.41, 5.74) is 3.72. The number of pyridine rings is 1. The fraction of sp³-hybridized carbons (Fsp3) is 0.667. The number of hydrogen-bond donors (Lipinski definition) is 0. The predicted octanol–water partition coefficient (Wildman–Crippen LogP) is 10.5. The van der Waals surface area contributed by atoms with Crippen molar-refractivity contribution in [2.24, 2.45) is 5.92 Å². The standard InChI is InChI=1S/C33H51NO/c1-3-5-7-9-11-13-15-28-16-18-30(19-17-28)33-25-22-31(27-34-33)29-20-23-32(24-21-29)35-26-14-12-10-8-6-4-2/h20-25,27-28,30H,3-19,26H2,1-2H3. The minimum absolute atomic E-state index is 0.655. The van der Waals surface area contributed by atoms with Crippen LogP contribution in [0.25, 0.3) is 11.1 Å². The Morgan fingerprint density at radius 1 is 0.657 bits per heavy atom. The van der Waals surface area contributed by atoms with Crippen LogP contribution in [-0.4, -0.2) is 11.6 Å². The van der Waals surface area contributed by atoms with Gasteiger partial charge in [-0.05, 0) is 61.8 Å². The van der Waals surface area contributed by atoms with Crippen LogP contribution in [0.5, 0.6) is 5.75 Å². The molecule has 0 aliphatic heterocycles. The Morgan fingerprint density at radius 2 is 1.26 bits per heavy atom. The zero-order valence-electron chi connectivity index (χ0n) is 22.8. The Labute approximate surface area is 216 Å². The molecule has 1 fully saturated rings. The minimum atomic E-state index is 0.655. The van der Waals surface area contributed by atoms with Crippen molar-refractivity contribution in [1.82, 2.24) is 4.98 Å². The van der Waals surface area contributed by atoms with E-state index in [9.17, 15) is 0 Å². The minimum Gasteiger partial charge on any atom is -0.494 e. The molecular formula is C33H51NO. The van der Waals surface area contributed by atoms with Crippen molar-refractivity contribution in [3.63, 3.8) is 0 Å². The van der Waals surface area contributed by atoms with Crippen LogP contribution in [0.2, 0.25) is 0 Å². The fourth-order valence-electron chi connectivity index (χ4n) is 5.59. The molecule has 0 bridgehead atoms. The van der Waals surface area contributed by atoms with Crippen molar-refractivity contribution in [2.45, 2.75) is 129 Å². The molecule has 2 nitrogen and oxygen atoms in total. The SMILES string of the molecule is CCCCCCCCOc1ccc(-c2ccc(C3CCC(CCCCCCCC)CC3)nc2)cc1. The molecule has 0 N–H and O–H groups in total. The van der Waals surface area contributed by atoms with Gasteiger partial charge in [-0.2, -0.15) is 0 Å². The van der Waals surface area contributed by atoms with Crippen molar-refractivity contribution in [1.29, 1.82) is 0 Å². The summed E-state index contributed by atoms with van der Waals surface area (Å²) in [6, 6.07) is 13.1. The molecule has 0 atom stereocenters. The van der Waals surface area contributed by atoms with Gasteiger partial charge in [0.1, 0.15) is 5.75 Å². The average Bonchev–Trinajstić information content (AvgIpc) is 2.91. The van der Waals surface area contributed by atoms with Crippen molar-refractivity contribution in [3.05, 3.63) is 48.3 Å². The van der Waals surface area contributed by atoms with E-state index in [1.54, 1.807) is 0 Å². The van der Waals surface area contributed by atoms with Crippen LogP contribution in [0.3, 0.4) is 0 Å². The summed E-state index contributed by atoms with van der Waals surface area (Å²) in [7, 11) is 0. The number of benzene rings is 1. The lowest BCUT2D eigenvalue weighted by molar-refractivity contribution is 0.299. The lowest BCUT2D eigenvalue weighted by Crippen LogP contribution is -2.14. The smallest absolute Gasteiger partial charge is 0.119 e. The van der Waals surface area contributed by atoms with Gasteiger partial charge in [-0.3, -0.25) is 4.98 Å². The summed E-state index contributed by atoms with van der Waals surface area (Å²) < 4.78 is 5.94. The number of aromatic nitrogens is 1. The number of hydrogen-bond acceptors (Lipinski definition) is 2. The third kappa shape index (κ3) is 10.4. The van der Waals surface area contributed by atoms with Crippen molar-refractivity contribution < 1.29 is 4.74 Å². The largest absolute Gasteiger partial charge is 0.494 e. The zero-order chi connectivity index (χ0) is 24.6. The van der Waals surface area contributed by atoms with Crippen molar-refractivity contribution in [2.75, 3.05) is 6.61 Å². The highest BCUT2D eigenvalue weighted by Crippen LogP contribution is 2.37. The molecule has 2 aromatic rings. The molecule has 1 saturated carbocycles. The van der Waals surface area contributed by atoms with Gasteiger partial charge in [0.2, 0.25) is 0 Å². The van der Waals surface area contributed by atoms with Crippen LogP contribution in [0.1, 0.15) is 135 Å². The quantitative estimate of drug-likeness (QED) is 0.211. The lowest BCUT2D eigenvalue weighted by Gasteiger charge is -2.28. The molecule has 0 amide bonds. The molecular weight excluding hydrogens is 426 g/mol. The van der Waals surface area contributed by atoms with E-state index in [0.29, 0.717) is 5.92 Å². The number of unbranched alkanes of at least 4 members (excludes halogenated alkanes) is 10. The first-order valence-corrected chi connectivity index (χ1v) is 15.0. The number of ether oxygens (including phenoxy) is 1. The summed E-state index contributed by atoms with van der Waals surface area (Å²) in [5, 5.41) is 0. The van der Waals surface area contributed by atoms with E-state index in [-0.39, 0.29) is 0 Å². The summed E-state index contributed by atoms with van der Waals surface area (Å²) in [5.74, 6) is 2.59. The van der Waals surface area contributed by atoms with Gasteiger partial charge >= 0.3 is 0 Å². The topological polar surface area (TPSA) is 22.1 Å². The summed E-state index contributed by atoms with van der Waals surface area (Å²) in [6.07, 6.45) is 25.2. The predicted molar refractivity (Wildman–Crippen MR) is 151 cm³/mol. The highest BCUT2D eigenvalue weighted by Gasteiger charge is 2.23. The second-order valence-corrected chi connectivity index (χ2v) is 10.9. The second kappa shape index (κ2) is 16.8. The van der Waals surface area contributed by atoms with Gasteiger partial charge in [0, 0.05) is 23.4 Å². The highest BCUT2D eigenvalue weighted by atomic mass is 16.5. The molecule has 194 valence electrons. The maximum atomic E-state index is 5.94. The molecule has 0 unspecified atom stereocenters. The van der Waals surface area contributed by atoms with Gasteiger partial charge in [0.05, 0.1) is 6.61 Å². The molecule has 1 aliphatic carbocycles. The van der Waals surface area contributed by atoms with E-state index < -0.39 is 0 Å². The molecule has 3 rings (SSSR count). The van der Waals surface area contributed by atoms with Crippen molar-refractivity contribution >= 4 is 0 Å². The van der Waals surface area contributed by atoms with Crippen LogP contribution in [0.15, 0.2) is 42.6 Å². The lowest BCUT2D eigenvalue weighted by atomic mass is 9.78. The van der Waals surface area contributed by atoms with Gasteiger partial charge < -0.3 is 4.74 Å². The molecule has 0 spiro atoms. The molecule has 2 heteroatoms. The maximum absolute atomic E-state index is 5.94. The Morgan fingerprint density at radius 3 is 1.89 bits per heavy atom. The van der Waals surface area contributed by atoms with E-state index in [1.807, 2.05) is 0 Å². The maximum Gasteiger partial charge on any atom is 0.119 e. The summed E-state index contributed by atoms with van der Waals surface area (Å²) >= 11 is 0. The molecule has 0 saturated heterocycles. The summed E-state index contributed by atoms with van der Waals surface area (Å²) in [4.78, 5) is 4.89. The Kier molecular flexibility index (Phi) is 13.3. The van der Waals surface area contributed by atoms with Crippen LogP contribution in [-0.2, 0) is 0 Å². The summed E-state index contributed by atoms with van der Waals surface area (Å²) in [6.45, 7) is 5.38. The van der Waals surface area contributed by atoms with Crippen LogP contribution in [0.4, 0.5) is 0 Å². The normalized spacial score (nSPS) is 18.0. The van der Waals surface area contributed by atoms with E-state index >= 15 is 0 Å². The van der Waals surface area contributed by atoms with Crippen molar-refractivity contribution in [3.8, 4) is 16.9 Å². The monoisotopic (exact) mass is 477 g/mol. The molecule has 35 heavy (non-hydrogen) atoms. The average molecular weight is 478 g/mol. The Bertz CT molecular complexity index is 774. The zero-order valence-corrected chi connectivity index (χ0v) is 22.8. The molecule has 0 radical (unpaired) electrons. The van der Waals surface area contributed by atoms with E-state index in [4.69, 9.17) is 9.72 Å². The van der Waals surface area contributed by atoms with Gasteiger partial charge in [-0.1, -0.05) is 109 Å². The third-order valence-corrected chi connectivity index (χ3v) is 7.97. The number of nitrogens with zero attached hydrogens (tertiary/aromatic N) is 1. The first-order valence-electron chi connectivity index (χ1n) is 15.0. The van der Waals surface area contributed by atoms with E-state index in [2.05, 4.69) is 56.4 Å². The van der Waals surface area contributed by atoms with Gasteiger partial charge in [-0.15, -0.1) is 0 Å². The van der Waals surface area contributed by atoms with Crippen LogP contribution < -0.4 is 4.74 Å². The molecule has 1 heterocycles. The first kappa shape index (κ1) is 27.8. The van der Waals surface area contributed by atoms with E-state index in [1.165, 1.54) is 120 Å². The Balaban J connectivity index is 1.35. The highest BCUT2D eigenvalue weighted by molar-refractivity contribution is 5.63. The molecule has 1 aliphatic rings.